The van der Waals surface area contributed by atoms with Gasteiger partial charge in [-0.3, -0.25) is 9.69 Å². The summed E-state index contributed by atoms with van der Waals surface area (Å²) in [6, 6.07) is 10.5. The quantitative estimate of drug-likeness (QED) is 0.725. The smallest absolute Gasteiger partial charge is 0.223 e. The Morgan fingerprint density at radius 2 is 1.88 bits per heavy atom. The van der Waals surface area contributed by atoms with Gasteiger partial charge in [-0.25, -0.2) is 0 Å². The summed E-state index contributed by atoms with van der Waals surface area (Å²) in [5.41, 5.74) is 7.19. The number of aliphatic hydroxyl groups is 1. The van der Waals surface area contributed by atoms with Gasteiger partial charge >= 0.3 is 0 Å². The highest BCUT2D eigenvalue weighted by molar-refractivity contribution is 5.78. The van der Waals surface area contributed by atoms with E-state index in [0.717, 1.165) is 45.4 Å². The predicted octanol–water partition coefficient (Wildman–Crippen LogP) is 1.89. The summed E-state index contributed by atoms with van der Waals surface area (Å²) in [6.07, 6.45) is 4.97. The van der Waals surface area contributed by atoms with Crippen LogP contribution in [0.15, 0.2) is 30.3 Å². The zero-order chi connectivity index (χ0) is 18.4. The van der Waals surface area contributed by atoms with Crippen molar-refractivity contribution in [2.45, 2.75) is 57.2 Å². The molecule has 1 saturated heterocycles. The van der Waals surface area contributed by atoms with Gasteiger partial charge in [0.2, 0.25) is 5.91 Å². The lowest BCUT2D eigenvalue weighted by Crippen LogP contribution is -2.44. The summed E-state index contributed by atoms with van der Waals surface area (Å²) >= 11 is 0. The Morgan fingerprint density at radius 1 is 1.15 bits per heavy atom. The van der Waals surface area contributed by atoms with Crippen LogP contribution in [0.2, 0.25) is 0 Å². The van der Waals surface area contributed by atoms with E-state index in [4.69, 9.17) is 5.73 Å². The number of piperidine rings is 1. The maximum Gasteiger partial charge on any atom is 0.223 e. The molecule has 5 heteroatoms. The third kappa shape index (κ3) is 5.53. The minimum absolute atomic E-state index is 0.0717. The largest absolute Gasteiger partial charge is 0.391 e. The highest BCUT2D eigenvalue weighted by Crippen LogP contribution is 2.24. The number of hydrogen-bond acceptors (Lipinski definition) is 4. The molecule has 1 aromatic rings. The Labute approximate surface area is 156 Å². The second kappa shape index (κ2) is 9.49. The van der Waals surface area contributed by atoms with E-state index in [9.17, 15) is 9.90 Å². The van der Waals surface area contributed by atoms with Gasteiger partial charge in [-0.1, -0.05) is 30.3 Å². The molecule has 3 rings (SSSR count). The Kier molecular flexibility index (Phi) is 7.06. The van der Waals surface area contributed by atoms with Crippen LogP contribution in [0, 0.1) is 11.8 Å². The first kappa shape index (κ1) is 19.3. The van der Waals surface area contributed by atoms with Crippen molar-refractivity contribution in [3.63, 3.8) is 0 Å². The van der Waals surface area contributed by atoms with Crippen LogP contribution in [0.3, 0.4) is 0 Å². The van der Waals surface area contributed by atoms with Gasteiger partial charge in [0, 0.05) is 25.0 Å². The fourth-order valence-electron chi connectivity index (χ4n) is 4.23. The molecule has 2 fully saturated rings. The molecular formula is C21H33N3O2. The molecule has 1 aliphatic carbocycles. The number of hydrogen-bond donors (Lipinski definition) is 3. The highest BCUT2D eigenvalue weighted by atomic mass is 16.3. The van der Waals surface area contributed by atoms with E-state index in [1.165, 1.54) is 18.4 Å². The third-order valence-electron chi connectivity index (χ3n) is 6.05. The van der Waals surface area contributed by atoms with Crippen LogP contribution >= 0.6 is 0 Å². The summed E-state index contributed by atoms with van der Waals surface area (Å²) in [4.78, 5) is 14.8. The van der Waals surface area contributed by atoms with Crippen molar-refractivity contribution in [3.8, 4) is 0 Å². The number of carbonyl (C=O) groups is 1. The van der Waals surface area contributed by atoms with Crippen LogP contribution in [0.25, 0.3) is 0 Å². The first-order valence-electron chi connectivity index (χ1n) is 10.1. The normalized spacial score (nSPS) is 28.0. The average molecular weight is 360 g/mol. The van der Waals surface area contributed by atoms with Gasteiger partial charge < -0.3 is 16.2 Å². The van der Waals surface area contributed by atoms with Crippen molar-refractivity contribution in [1.82, 2.24) is 10.2 Å². The molecule has 1 heterocycles. The maximum absolute atomic E-state index is 12.3. The van der Waals surface area contributed by atoms with Gasteiger partial charge in [0.15, 0.2) is 0 Å². The Balaban J connectivity index is 1.31. The molecule has 0 aromatic heterocycles. The lowest BCUT2D eigenvalue weighted by molar-refractivity contribution is -0.127. The molecular weight excluding hydrogens is 326 g/mol. The van der Waals surface area contributed by atoms with Crippen LogP contribution in [0.5, 0.6) is 0 Å². The van der Waals surface area contributed by atoms with E-state index in [-0.39, 0.29) is 17.9 Å². The van der Waals surface area contributed by atoms with Crippen molar-refractivity contribution in [3.05, 3.63) is 35.9 Å². The van der Waals surface area contributed by atoms with Gasteiger partial charge in [-0.05, 0) is 63.1 Å². The predicted molar refractivity (Wildman–Crippen MR) is 103 cm³/mol. The van der Waals surface area contributed by atoms with Crippen molar-refractivity contribution in [2.75, 3.05) is 19.6 Å². The number of nitrogens with zero attached hydrogens (tertiary/aromatic N) is 1. The van der Waals surface area contributed by atoms with Gasteiger partial charge in [0.05, 0.1) is 6.10 Å². The molecule has 26 heavy (non-hydrogen) atoms. The van der Waals surface area contributed by atoms with Gasteiger partial charge in [-0.15, -0.1) is 0 Å². The second-order valence-corrected chi connectivity index (χ2v) is 8.03. The van der Waals surface area contributed by atoms with Gasteiger partial charge in [-0.2, -0.15) is 0 Å². The molecule has 1 aromatic carbocycles. The Bertz CT molecular complexity index is 558. The molecule has 3 atom stereocenters. The maximum atomic E-state index is 12.3. The van der Waals surface area contributed by atoms with Crippen molar-refractivity contribution < 1.29 is 9.90 Å². The number of carbonyl (C=O) groups excluding carboxylic acids is 1. The van der Waals surface area contributed by atoms with Crippen LogP contribution in [0.4, 0.5) is 0 Å². The van der Waals surface area contributed by atoms with E-state index in [2.05, 4.69) is 40.5 Å². The Hall–Kier alpha value is -1.43. The molecule has 0 spiro atoms. The van der Waals surface area contributed by atoms with Crippen LogP contribution in [-0.2, 0) is 11.3 Å². The monoisotopic (exact) mass is 359 g/mol. The molecule has 0 radical (unpaired) electrons. The van der Waals surface area contributed by atoms with E-state index < -0.39 is 6.10 Å². The average Bonchev–Trinajstić information content (AvgIpc) is 2.66. The molecule has 2 aliphatic rings. The summed E-state index contributed by atoms with van der Waals surface area (Å²) in [5, 5.41) is 12.9. The number of nitrogens with two attached hydrogens (primary N) is 1. The van der Waals surface area contributed by atoms with Crippen molar-refractivity contribution >= 4 is 5.91 Å². The van der Waals surface area contributed by atoms with E-state index in [1.54, 1.807) is 0 Å². The lowest BCUT2D eigenvalue weighted by Gasteiger charge is -2.32. The number of nitrogens with one attached hydrogen (secondary N) is 1. The first-order chi connectivity index (χ1) is 12.6. The highest BCUT2D eigenvalue weighted by Gasteiger charge is 2.30. The van der Waals surface area contributed by atoms with Crippen LogP contribution in [-0.4, -0.2) is 47.7 Å². The minimum atomic E-state index is -0.534. The van der Waals surface area contributed by atoms with Gasteiger partial charge in [0.25, 0.3) is 0 Å². The zero-order valence-corrected chi connectivity index (χ0v) is 15.6. The molecule has 0 unspecified atom stereocenters. The second-order valence-electron chi connectivity index (χ2n) is 8.03. The number of rotatable bonds is 6. The molecule has 144 valence electrons. The van der Waals surface area contributed by atoms with Crippen molar-refractivity contribution in [1.29, 1.82) is 0 Å². The van der Waals surface area contributed by atoms with Crippen LogP contribution in [0.1, 0.15) is 44.1 Å². The minimum Gasteiger partial charge on any atom is -0.391 e. The molecule has 5 nitrogen and oxygen atoms in total. The molecule has 1 aliphatic heterocycles. The standard InChI is InChI=1S/C21H33N3O2/c22-19-7-6-18(14-20(19)25)21(26)23-11-8-16-9-12-24(13-10-16)15-17-4-2-1-3-5-17/h1-5,16,18-20,25H,6-15,22H2,(H,23,26)/t18-,19+,20+/m0/s1. The van der Waals surface area contributed by atoms with Crippen LogP contribution < -0.4 is 11.1 Å². The van der Waals surface area contributed by atoms with E-state index in [1.807, 2.05) is 0 Å². The van der Waals surface area contributed by atoms with Gasteiger partial charge in [0.1, 0.15) is 0 Å². The van der Waals surface area contributed by atoms with E-state index >= 15 is 0 Å². The Morgan fingerprint density at radius 3 is 2.58 bits per heavy atom. The molecule has 4 N–H and O–H groups in total. The number of likely N-dealkylation sites (tertiary alicyclic amines) is 1. The zero-order valence-electron chi connectivity index (χ0n) is 15.6. The molecule has 0 bridgehead atoms. The third-order valence-corrected chi connectivity index (χ3v) is 6.05. The summed E-state index contributed by atoms with van der Waals surface area (Å²) in [6.45, 7) is 4.07. The molecule has 1 amide bonds. The number of aliphatic hydroxyl groups excluding tert-OH is 1. The number of amides is 1. The summed E-state index contributed by atoms with van der Waals surface area (Å²) in [5.74, 6) is 0.725. The topological polar surface area (TPSA) is 78.6 Å². The van der Waals surface area contributed by atoms with Crippen molar-refractivity contribution in [2.24, 2.45) is 17.6 Å². The number of benzene rings is 1. The SMILES string of the molecule is N[C@@H]1CC[C@H](C(=O)NCCC2CCN(Cc3ccccc3)CC2)C[C@H]1O. The summed E-state index contributed by atoms with van der Waals surface area (Å²) in [7, 11) is 0. The molecule has 1 saturated carbocycles. The summed E-state index contributed by atoms with van der Waals surface area (Å²) < 4.78 is 0. The lowest BCUT2D eigenvalue weighted by atomic mass is 9.84. The fourth-order valence-corrected chi connectivity index (χ4v) is 4.23. The first-order valence-corrected chi connectivity index (χ1v) is 10.1. The fraction of sp³-hybridized carbons (Fsp3) is 0.667. The van der Waals surface area contributed by atoms with E-state index in [0.29, 0.717) is 12.3 Å².